The quantitative estimate of drug-likeness (QED) is 0.380. The summed E-state index contributed by atoms with van der Waals surface area (Å²) in [4.78, 5) is 9.93. The van der Waals surface area contributed by atoms with Gasteiger partial charge in [0.05, 0.1) is 33.9 Å². The van der Waals surface area contributed by atoms with Crippen molar-refractivity contribution in [2.24, 2.45) is 0 Å². The van der Waals surface area contributed by atoms with E-state index in [1.165, 1.54) is 6.07 Å². The molecule has 1 aliphatic rings. The number of rotatable bonds is 7. The Morgan fingerprint density at radius 1 is 1.11 bits per heavy atom. The van der Waals surface area contributed by atoms with Gasteiger partial charge in [0.2, 0.25) is 0 Å². The monoisotopic (exact) mass is 529 g/mol. The molecular formula is C26H32FN5O4S. The van der Waals surface area contributed by atoms with Gasteiger partial charge in [-0.1, -0.05) is 18.2 Å². The molecule has 0 saturated carbocycles. The summed E-state index contributed by atoms with van der Waals surface area (Å²) in [7, 11) is 0.726. The first kappa shape index (κ1) is 26.7. The van der Waals surface area contributed by atoms with E-state index in [1.54, 1.807) is 26.2 Å². The molecule has 198 valence electrons. The summed E-state index contributed by atoms with van der Waals surface area (Å²) in [5.74, 6) is -0.203. The molecule has 11 heteroatoms. The molecule has 0 aliphatic carbocycles. The topological polar surface area (TPSA) is 135 Å². The Balaban J connectivity index is 0.00000178. The second kappa shape index (κ2) is 11.8. The van der Waals surface area contributed by atoms with Crippen molar-refractivity contribution in [2.45, 2.75) is 36.5 Å². The number of hydrogen-bond acceptors (Lipinski definition) is 8. The molecule has 9 nitrogen and oxygen atoms in total. The summed E-state index contributed by atoms with van der Waals surface area (Å²) in [6.45, 7) is 3.66. The van der Waals surface area contributed by atoms with Gasteiger partial charge in [0, 0.05) is 38.3 Å². The number of ether oxygens (including phenoxy) is 1. The number of nitrogens with zero attached hydrogens (tertiary/aromatic N) is 4. The van der Waals surface area contributed by atoms with Crippen LogP contribution < -0.4 is 5.32 Å². The third kappa shape index (κ3) is 5.80. The van der Waals surface area contributed by atoms with Crippen LogP contribution in [0.5, 0.6) is 0 Å². The van der Waals surface area contributed by atoms with E-state index in [-0.39, 0.29) is 30.9 Å². The number of aryl methyl sites for hydroxylation is 1. The maximum Gasteiger partial charge on any atom is 0.268 e. The van der Waals surface area contributed by atoms with Gasteiger partial charge in [-0.05, 0) is 56.6 Å². The van der Waals surface area contributed by atoms with Gasteiger partial charge in [0.15, 0.2) is 0 Å². The van der Waals surface area contributed by atoms with Crippen molar-refractivity contribution in [1.29, 1.82) is 0 Å². The van der Waals surface area contributed by atoms with Crippen molar-refractivity contribution in [3.8, 4) is 34.3 Å². The molecule has 4 aromatic rings. The number of hydrogen-bond donors (Lipinski definition) is 1. The van der Waals surface area contributed by atoms with Gasteiger partial charge in [0.1, 0.15) is 11.5 Å². The SMILES string of the molecule is CNCc1ccc(-c2nnc(-c3nc(-c4ccc(S(=O)C5CCOCC5)cc4)cnc3C)o2)c(F)c1.O.[HH].[HH]. The largest absolute Gasteiger partial charge is 0.414 e. The minimum atomic E-state index is -1.08. The van der Waals surface area contributed by atoms with Crippen LogP contribution in [0.15, 0.2) is 58.0 Å². The Morgan fingerprint density at radius 2 is 1.84 bits per heavy atom. The molecule has 1 aliphatic heterocycles. The van der Waals surface area contributed by atoms with Crippen LogP contribution in [-0.4, -0.2) is 55.4 Å². The lowest BCUT2D eigenvalue weighted by molar-refractivity contribution is 0.0992. The fraction of sp³-hybridized carbons (Fsp3) is 0.308. The van der Waals surface area contributed by atoms with Gasteiger partial charge >= 0.3 is 0 Å². The Labute approximate surface area is 219 Å². The minimum absolute atomic E-state index is 0. The zero-order chi connectivity index (χ0) is 25.1. The van der Waals surface area contributed by atoms with Crippen LogP contribution in [0.25, 0.3) is 34.3 Å². The highest BCUT2D eigenvalue weighted by atomic mass is 32.2. The Morgan fingerprint density at radius 3 is 2.54 bits per heavy atom. The van der Waals surface area contributed by atoms with E-state index in [0.29, 0.717) is 36.8 Å². The first-order chi connectivity index (χ1) is 17.5. The highest BCUT2D eigenvalue weighted by molar-refractivity contribution is 7.85. The standard InChI is InChI=1S/C26H26FN5O3S.H2O.2H2/c1-16-24(26-32-31-25(35-26)21-8-3-17(14-28-2)13-22(21)27)30-23(15-29-16)18-4-6-19(7-5-18)36(33)20-9-11-34-12-10-20;;;/h3-8,13,15,20,28H,9-12,14H2,1-2H3;1H2;2*1H. The molecule has 0 amide bonds. The van der Waals surface area contributed by atoms with Crippen LogP contribution >= 0.6 is 0 Å². The Hall–Kier alpha value is -3.38. The zero-order valence-electron chi connectivity index (χ0n) is 20.5. The van der Waals surface area contributed by atoms with E-state index in [1.807, 2.05) is 30.3 Å². The molecule has 2 aromatic heterocycles. The van der Waals surface area contributed by atoms with Gasteiger partial charge in [-0.3, -0.25) is 9.19 Å². The minimum Gasteiger partial charge on any atom is -0.414 e. The maximum absolute atomic E-state index is 14.6. The predicted molar refractivity (Wildman–Crippen MR) is 142 cm³/mol. The van der Waals surface area contributed by atoms with Crippen LogP contribution in [0.3, 0.4) is 0 Å². The zero-order valence-corrected chi connectivity index (χ0v) is 21.3. The van der Waals surface area contributed by atoms with Crippen LogP contribution in [0, 0.1) is 12.7 Å². The van der Waals surface area contributed by atoms with E-state index < -0.39 is 16.6 Å². The van der Waals surface area contributed by atoms with E-state index in [2.05, 4.69) is 20.5 Å². The summed E-state index contributed by atoms with van der Waals surface area (Å²) in [5.41, 5.74) is 3.51. The number of halogens is 1. The van der Waals surface area contributed by atoms with Crippen molar-refractivity contribution in [3.63, 3.8) is 0 Å². The summed E-state index contributed by atoms with van der Waals surface area (Å²) in [6, 6.07) is 12.4. The molecule has 0 spiro atoms. The first-order valence-corrected chi connectivity index (χ1v) is 12.9. The molecule has 2 aromatic carbocycles. The summed E-state index contributed by atoms with van der Waals surface area (Å²) in [6.07, 6.45) is 3.27. The highest BCUT2D eigenvalue weighted by Gasteiger charge is 2.22. The second-order valence-electron chi connectivity index (χ2n) is 8.58. The summed E-state index contributed by atoms with van der Waals surface area (Å²) < 4.78 is 38.7. The van der Waals surface area contributed by atoms with Gasteiger partial charge in [-0.15, -0.1) is 10.2 Å². The number of nitrogens with one attached hydrogen (secondary N) is 1. The van der Waals surface area contributed by atoms with Crippen molar-refractivity contribution in [3.05, 3.63) is 65.7 Å². The average Bonchev–Trinajstić information content (AvgIpc) is 3.39. The van der Waals surface area contributed by atoms with Crippen molar-refractivity contribution < 1.29 is 26.1 Å². The fourth-order valence-electron chi connectivity index (χ4n) is 4.11. The van der Waals surface area contributed by atoms with E-state index >= 15 is 0 Å². The maximum atomic E-state index is 14.6. The normalized spacial score (nSPS) is 14.8. The summed E-state index contributed by atoms with van der Waals surface area (Å²) >= 11 is 0. The second-order valence-corrected chi connectivity index (χ2v) is 10.3. The average molecular weight is 530 g/mol. The Bertz CT molecular complexity index is 1400. The molecule has 1 unspecified atom stereocenters. The van der Waals surface area contributed by atoms with Crippen molar-refractivity contribution in [2.75, 3.05) is 20.3 Å². The molecule has 0 bridgehead atoms. The predicted octanol–water partition coefficient (Wildman–Crippen LogP) is 3.98. The van der Waals surface area contributed by atoms with Gasteiger partial charge < -0.3 is 19.9 Å². The fourth-order valence-corrected chi connectivity index (χ4v) is 5.52. The lowest BCUT2D eigenvalue weighted by atomic mass is 10.1. The molecule has 1 saturated heterocycles. The third-order valence-electron chi connectivity index (χ3n) is 6.08. The third-order valence-corrected chi connectivity index (χ3v) is 7.89. The lowest BCUT2D eigenvalue weighted by Crippen LogP contribution is -2.24. The molecule has 0 radical (unpaired) electrons. The van der Waals surface area contributed by atoms with Crippen LogP contribution in [0.4, 0.5) is 4.39 Å². The van der Waals surface area contributed by atoms with Gasteiger partial charge in [0.25, 0.3) is 11.8 Å². The summed E-state index contributed by atoms with van der Waals surface area (Å²) in [5, 5.41) is 11.2. The van der Waals surface area contributed by atoms with Gasteiger partial charge in [-0.2, -0.15) is 0 Å². The van der Waals surface area contributed by atoms with Crippen molar-refractivity contribution in [1.82, 2.24) is 25.5 Å². The molecule has 3 heterocycles. The number of benzene rings is 2. The molecular weight excluding hydrogens is 497 g/mol. The van der Waals surface area contributed by atoms with Crippen molar-refractivity contribution >= 4 is 10.8 Å². The van der Waals surface area contributed by atoms with E-state index in [9.17, 15) is 8.60 Å². The molecule has 5 rings (SSSR count). The van der Waals surface area contributed by atoms with Crippen LogP contribution in [0.2, 0.25) is 0 Å². The van der Waals surface area contributed by atoms with Gasteiger partial charge in [-0.25, -0.2) is 9.37 Å². The van der Waals surface area contributed by atoms with Crippen LogP contribution in [-0.2, 0) is 22.1 Å². The van der Waals surface area contributed by atoms with E-state index in [4.69, 9.17) is 14.1 Å². The molecule has 1 atom stereocenters. The molecule has 1 fully saturated rings. The first-order valence-electron chi connectivity index (χ1n) is 11.7. The smallest absolute Gasteiger partial charge is 0.268 e. The number of aromatic nitrogens is 4. The Kier molecular flexibility index (Phi) is 8.49. The van der Waals surface area contributed by atoms with E-state index in [0.717, 1.165) is 28.9 Å². The molecule has 3 N–H and O–H groups in total. The highest BCUT2D eigenvalue weighted by Crippen LogP contribution is 2.29. The van der Waals surface area contributed by atoms with Crippen LogP contribution in [0.1, 0.15) is 27.0 Å². The molecule has 37 heavy (non-hydrogen) atoms. The lowest BCUT2D eigenvalue weighted by Gasteiger charge is -2.21.